The summed E-state index contributed by atoms with van der Waals surface area (Å²) >= 11 is 0. The van der Waals surface area contributed by atoms with E-state index >= 15 is 0 Å². The van der Waals surface area contributed by atoms with Gasteiger partial charge in [-0.05, 0) is 65.0 Å². The highest BCUT2D eigenvalue weighted by Crippen LogP contribution is 2.29. The van der Waals surface area contributed by atoms with E-state index in [0.717, 1.165) is 13.1 Å². The van der Waals surface area contributed by atoms with Gasteiger partial charge in [-0.25, -0.2) is 0 Å². The Morgan fingerprint density at radius 2 is 1.83 bits per heavy atom. The zero-order valence-electron chi connectivity index (χ0n) is 14.4. The van der Waals surface area contributed by atoms with Crippen LogP contribution in [0, 0.1) is 0 Å². The first-order valence-electron chi connectivity index (χ1n) is 9.14. The summed E-state index contributed by atoms with van der Waals surface area (Å²) < 4.78 is 0. The smallest absolute Gasteiger partial charge is 0.0240 e. The highest BCUT2D eigenvalue weighted by atomic mass is 15.1. The first-order valence-corrected chi connectivity index (χ1v) is 9.14. The summed E-state index contributed by atoms with van der Waals surface area (Å²) in [4.78, 5) is 2.61. The van der Waals surface area contributed by atoms with E-state index in [9.17, 15) is 0 Å². The number of hydrogen-bond acceptors (Lipinski definition) is 1. The van der Waals surface area contributed by atoms with Crippen molar-refractivity contribution in [2.45, 2.75) is 58.5 Å². The van der Waals surface area contributed by atoms with Crippen molar-refractivity contribution in [3.8, 4) is 0 Å². The van der Waals surface area contributed by atoms with E-state index in [0.29, 0.717) is 5.92 Å². The molecule has 0 unspecified atom stereocenters. The van der Waals surface area contributed by atoms with Crippen molar-refractivity contribution in [3.05, 3.63) is 69.8 Å². The maximum atomic E-state index is 2.61. The van der Waals surface area contributed by atoms with E-state index in [4.69, 9.17) is 0 Å². The van der Waals surface area contributed by atoms with Gasteiger partial charge < -0.3 is 0 Å². The molecule has 0 N–H and O–H groups in total. The molecule has 0 spiro atoms. The molecule has 23 heavy (non-hydrogen) atoms. The fraction of sp³-hybridized carbons (Fsp3) is 0.455. The normalized spacial score (nSPS) is 17.3. The summed E-state index contributed by atoms with van der Waals surface area (Å²) in [7, 11) is 0. The Kier molecular flexibility index (Phi) is 3.98. The molecule has 1 aliphatic heterocycles. The first kappa shape index (κ1) is 15.0. The van der Waals surface area contributed by atoms with Gasteiger partial charge in [-0.15, -0.1) is 0 Å². The van der Waals surface area contributed by atoms with E-state index in [1.54, 1.807) is 27.8 Å². The van der Waals surface area contributed by atoms with Crippen molar-refractivity contribution in [3.63, 3.8) is 0 Å². The summed E-state index contributed by atoms with van der Waals surface area (Å²) in [5.74, 6) is 0.633. The third-order valence-electron chi connectivity index (χ3n) is 5.57. The van der Waals surface area contributed by atoms with Gasteiger partial charge >= 0.3 is 0 Å². The molecule has 4 rings (SSSR count). The first-order chi connectivity index (χ1) is 11.2. The lowest BCUT2D eigenvalue weighted by atomic mass is 9.89. The van der Waals surface area contributed by atoms with Gasteiger partial charge in [0.2, 0.25) is 0 Å². The Bertz CT molecular complexity index is 714. The lowest BCUT2D eigenvalue weighted by Gasteiger charge is -2.31. The summed E-state index contributed by atoms with van der Waals surface area (Å²) in [6, 6.07) is 14.1. The molecule has 0 fully saturated rings. The van der Waals surface area contributed by atoms with Crippen LogP contribution in [0.5, 0.6) is 0 Å². The van der Waals surface area contributed by atoms with Gasteiger partial charge in [0.1, 0.15) is 0 Å². The van der Waals surface area contributed by atoms with Crippen LogP contribution in [-0.4, -0.2) is 11.4 Å². The third-order valence-corrected chi connectivity index (χ3v) is 5.57. The van der Waals surface area contributed by atoms with Gasteiger partial charge in [0.25, 0.3) is 0 Å². The van der Waals surface area contributed by atoms with E-state index in [1.165, 1.54) is 37.8 Å². The number of rotatable bonds is 3. The fourth-order valence-electron chi connectivity index (χ4n) is 4.36. The Morgan fingerprint density at radius 1 is 0.957 bits per heavy atom. The molecule has 1 aliphatic carbocycles. The zero-order chi connectivity index (χ0) is 15.8. The predicted octanol–water partition coefficient (Wildman–Crippen LogP) is 4.86. The number of benzene rings is 2. The average molecular weight is 305 g/mol. The molecule has 0 amide bonds. The zero-order valence-corrected chi connectivity index (χ0v) is 14.4. The lowest BCUT2D eigenvalue weighted by molar-refractivity contribution is 0.245. The Labute approximate surface area is 140 Å². The average Bonchev–Trinajstić information content (AvgIpc) is 3.01. The number of nitrogens with zero attached hydrogens (tertiary/aromatic N) is 1. The largest absolute Gasteiger partial charge is 0.294 e. The molecule has 120 valence electrons. The highest BCUT2D eigenvalue weighted by Gasteiger charge is 2.20. The molecule has 0 atom stereocenters. The minimum absolute atomic E-state index is 0.633. The number of aryl methyl sites for hydroxylation is 2. The predicted molar refractivity (Wildman–Crippen MR) is 96.8 cm³/mol. The van der Waals surface area contributed by atoms with E-state index in [2.05, 4.69) is 55.1 Å². The van der Waals surface area contributed by atoms with Crippen LogP contribution >= 0.6 is 0 Å². The molecular formula is C22H27N. The molecule has 0 bridgehead atoms. The van der Waals surface area contributed by atoms with E-state index in [-0.39, 0.29) is 0 Å². The van der Waals surface area contributed by atoms with Gasteiger partial charge in [-0.2, -0.15) is 0 Å². The van der Waals surface area contributed by atoms with Crippen LogP contribution in [0.3, 0.4) is 0 Å². The van der Waals surface area contributed by atoms with Crippen LogP contribution < -0.4 is 0 Å². The number of hydrogen-bond donors (Lipinski definition) is 0. The van der Waals surface area contributed by atoms with Crippen molar-refractivity contribution in [2.75, 3.05) is 6.54 Å². The molecule has 0 saturated carbocycles. The molecule has 0 aromatic heterocycles. The standard InChI is InChI=1S/C22H27N/c1-16(2)21-8-4-7-20-15-23(12-11-22(20)21)14-17-9-10-18-5-3-6-19(18)13-17/h4,7-10,13,16H,3,5-6,11-12,14-15H2,1-2H3. The van der Waals surface area contributed by atoms with Crippen molar-refractivity contribution < 1.29 is 0 Å². The summed E-state index contributed by atoms with van der Waals surface area (Å²) in [6.07, 6.45) is 5.11. The highest BCUT2D eigenvalue weighted by molar-refractivity contribution is 5.39. The van der Waals surface area contributed by atoms with Gasteiger partial charge in [0.05, 0.1) is 0 Å². The minimum Gasteiger partial charge on any atom is -0.294 e. The van der Waals surface area contributed by atoms with Crippen LogP contribution in [0.1, 0.15) is 59.6 Å². The van der Waals surface area contributed by atoms with Gasteiger partial charge in [-0.1, -0.05) is 50.2 Å². The van der Waals surface area contributed by atoms with Crippen molar-refractivity contribution >= 4 is 0 Å². The quantitative estimate of drug-likeness (QED) is 0.783. The molecule has 1 heterocycles. The van der Waals surface area contributed by atoms with Crippen molar-refractivity contribution in [2.24, 2.45) is 0 Å². The van der Waals surface area contributed by atoms with Crippen molar-refractivity contribution in [1.82, 2.24) is 4.90 Å². The van der Waals surface area contributed by atoms with Crippen LogP contribution in [0.15, 0.2) is 36.4 Å². The lowest BCUT2D eigenvalue weighted by Crippen LogP contribution is -2.30. The molecule has 2 aromatic carbocycles. The van der Waals surface area contributed by atoms with Gasteiger partial charge in [-0.3, -0.25) is 4.90 Å². The molecular weight excluding hydrogens is 278 g/mol. The molecule has 1 heteroatoms. The fourth-order valence-corrected chi connectivity index (χ4v) is 4.36. The van der Waals surface area contributed by atoms with Crippen LogP contribution in [0.25, 0.3) is 0 Å². The minimum atomic E-state index is 0.633. The van der Waals surface area contributed by atoms with Gasteiger partial charge in [0.15, 0.2) is 0 Å². The van der Waals surface area contributed by atoms with E-state index < -0.39 is 0 Å². The monoisotopic (exact) mass is 305 g/mol. The molecule has 2 aliphatic rings. The van der Waals surface area contributed by atoms with E-state index in [1.807, 2.05) is 0 Å². The summed E-state index contributed by atoms with van der Waals surface area (Å²) in [5.41, 5.74) is 9.39. The SMILES string of the molecule is CC(C)c1cccc2c1CCN(Cc1ccc3c(c1)CCC3)C2. The second-order valence-electron chi connectivity index (χ2n) is 7.56. The third kappa shape index (κ3) is 2.95. The maximum absolute atomic E-state index is 2.61. The van der Waals surface area contributed by atoms with Gasteiger partial charge in [0, 0.05) is 19.6 Å². The summed E-state index contributed by atoms with van der Waals surface area (Å²) in [5, 5.41) is 0. The van der Waals surface area contributed by atoms with Crippen LogP contribution in [-0.2, 0) is 32.4 Å². The topological polar surface area (TPSA) is 3.24 Å². The molecule has 0 radical (unpaired) electrons. The van der Waals surface area contributed by atoms with Crippen molar-refractivity contribution in [1.29, 1.82) is 0 Å². The molecule has 2 aromatic rings. The summed E-state index contributed by atoms with van der Waals surface area (Å²) in [6.45, 7) is 8.01. The number of fused-ring (bicyclic) bond motifs is 2. The second-order valence-corrected chi connectivity index (χ2v) is 7.56. The van der Waals surface area contributed by atoms with Crippen LogP contribution in [0.2, 0.25) is 0 Å². The van der Waals surface area contributed by atoms with Crippen LogP contribution in [0.4, 0.5) is 0 Å². The maximum Gasteiger partial charge on any atom is 0.0240 e. The second kappa shape index (κ2) is 6.13. The molecule has 0 saturated heterocycles. The molecule has 1 nitrogen and oxygen atoms in total. The Balaban J connectivity index is 1.51. The Morgan fingerprint density at radius 3 is 2.70 bits per heavy atom. The Hall–Kier alpha value is -1.60.